The van der Waals surface area contributed by atoms with Gasteiger partial charge in [-0.1, -0.05) is 50.6 Å². The van der Waals surface area contributed by atoms with Crippen LogP contribution in [0.5, 0.6) is 11.5 Å². The fraction of sp³-hybridized carbons (Fsp3) is 0.258. The Morgan fingerprint density at radius 3 is 2.55 bits per heavy atom. The normalized spacial score (nSPS) is 11.6. The number of halogens is 1. The molecule has 0 fully saturated rings. The lowest BCUT2D eigenvalue weighted by molar-refractivity contribution is -0.112. The lowest BCUT2D eigenvalue weighted by Gasteiger charge is -2.16. The van der Waals surface area contributed by atoms with E-state index in [-0.39, 0.29) is 28.1 Å². The number of hydrogen-bond acceptors (Lipinski definition) is 8. The molecule has 2 aromatic heterocycles. The number of carbonyl (C=O) groups excluding carboxylic acids is 1. The molecule has 11 heteroatoms. The minimum absolute atomic E-state index is 0.0182. The topological polar surface area (TPSA) is 131 Å². The van der Waals surface area contributed by atoms with Crippen LogP contribution in [0.3, 0.4) is 0 Å². The van der Waals surface area contributed by atoms with E-state index in [1.54, 1.807) is 55.7 Å². The summed E-state index contributed by atoms with van der Waals surface area (Å²) >= 11 is 6.66. The zero-order valence-electron chi connectivity index (χ0n) is 24.2. The van der Waals surface area contributed by atoms with Gasteiger partial charge in [0.05, 0.1) is 25.8 Å². The number of hydrogen-bond donors (Lipinski definition) is 2. The van der Waals surface area contributed by atoms with Gasteiger partial charge in [-0.25, -0.2) is 4.98 Å². The molecule has 4 rings (SSSR count). The third kappa shape index (κ3) is 6.53. The summed E-state index contributed by atoms with van der Waals surface area (Å²) in [6.07, 6.45) is 3.25. The number of methoxy groups -OCH3 is 2. The van der Waals surface area contributed by atoms with Crippen LogP contribution in [0.1, 0.15) is 26.3 Å². The molecule has 0 aliphatic heterocycles. The first-order valence-corrected chi connectivity index (χ1v) is 13.4. The molecule has 10 nitrogen and oxygen atoms in total. The Kier molecular flexibility index (Phi) is 8.83. The number of pyridine rings is 1. The molecule has 0 saturated heterocycles. The zero-order valence-corrected chi connectivity index (χ0v) is 25.0. The molecule has 42 heavy (non-hydrogen) atoms. The summed E-state index contributed by atoms with van der Waals surface area (Å²) in [5.74, 6) is 0.668. The van der Waals surface area contributed by atoms with E-state index in [0.717, 1.165) is 0 Å². The number of fused-ring (bicyclic) bond motifs is 1. The Hall–Kier alpha value is -4.88. The van der Waals surface area contributed by atoms with Crippen molar-refractivity contribution in [3.05, 3.63) is 81.3 Å². The Bertz CT molecular complexity index is 1800. The average molecular weight is 587 g/mol. The standard InChI is InChI=1S/C31H31ClN6O4/c1-31(2,3)14-20(15-33)28(39)36-21-9-7-8-18(10-21)17-38-27-19(16-35-30(34-4)37-27)11-24(29(38)40)23-12-22(41-5)13-25(42-6)26(23)32/h7-14,16H,17H2,1-6H3,(H,36,39)(H,34,35,37). The van der Waals surface area contributed by atoms with Crippen molar-refractivity contribution in [3.8, 4) is 28.7 Å². The van der Waals surface area contributed by atoms with Crippen molar-refractivity contribution in [1.82, 2.24) is 14.5 Å². The lowest BCUT2D eigenvalue weighted by atomic mass is 9.93. The van der Waals surface area contributed by atoms with Crippen molar-refractivity contribution in [1.29, 1.82) is 5.26 Å². The summed E-state index contributed by atoms with van der Waals surface area (Å²) < 4.78 is 12.4. The van der Waals surface area contributed by atoms with E-state index in [1.807, 2.05) is 32.9 Å². The van der Waals surface area contributed by atoms with E-state index >= 15 is 0 Å². The molecule has 0 unspecified atom stereocenters. The van der Waals surface area contributed by atoms with Crippen molar-refractivity contribution >= 4 is 40.2 Å². The third-order valence-electron chi connectivity index (χ3n) is 6.28. The summed E-state index contributed by atoms with van der Waals surface area (Å²) in [4.78, 5) is 35.8. The second-order valence-electron chi connectivity index (χ2n) is 10.6. The van der Waals surface area contributed by atoms with Crippen LogP contribution in [0, 0.1) is 16.7 Å². The third-order valence-corrected chi connectivity index (χ3v) is 6.67. The summed E-state index contributed by atoms with van der Waals surface area (Å²) in [6.45, 7) is 5.85. The number of nitriles is 1. The molecule has 0 spiro atoms. The van der Waals surface area contributed by atoms with Crippen molar-refractivity contribution in [2.24, 2.45) is 5.41 Å². The predicted octanol–water partition coefficient (Wildman–Crippen LogP) is 5.65. The molecule has 4 aromatic rings. The predicted molar refractivity (Wildman–Crippen MR) is 164 cm³/mol. The maximum atomic E-state index is 14.1. The molecular weight excluding hydrogens is 556 g/mol. The molecule has 0 atom stereocenters. The molecule has 2 aromatic carbocycles. The quantitative estimate of drug-likeness (QED) is 0.200. The highest BCUT2D eigenvalue weighted by Gasteiger charge is 2.20. The van der Waals surface area contributed by atoms with Crippen LogP contribution >= 0.6 is 11.6 Å². The first-order chi connectivity index (χ1) is 20.0. The van der Waals surface area contributed by atoms with Gasteiger partial charge in [-0.15, -0.1) is 0 Å². The van der Waals surface area contributed by atoms with Crippen LogP contribution in [0.25, 0.3) is 22.2 Å². The molecule has 1 amide bonds. The van der Waals surface area contributed by atoms with Gasteiger partial charge in [0.1, 0.15) is 28.8 Å². The first kappa shape index (κ1) is 30.1. The van der Waals surface area contributed by atoms with Crippen molar-refractivity contribution in [3.63, 3.8) is 0 Å². The van der Waals surface area contributed by atoms with Crippen LogP contribution < -0.4 is 25.7 Å². The van der Waals surface area contributed by atoms with Crippen LogP contribution in [0.2, 0.25) is 5.02 Å². The highest BCUT2D eigenvalue weighted by atomic mass is 35.5. The molecule has 0 aliphatic rings. The number of allylic oxidation sites excluding steroid dienone is 1. The van der Waals surface area contributed by atoms with Gasteiger partial charge in [-0.3, -0.25) is 14.2 Å². The number of nitrogens with zero attached hydrogens (tertiary/aromatic N) is 4. The summed E-state index contributed by atoms with van der Waals surface area (Å²) in [7, 11) is 4.69. The van der Waals surface area contributed by atoms with Crippen LogP contribution in [-0.2, 0) is 11.3 Å². The van der Waals surface area contributed by atoms with Crippen LogP contribution in [-0.4, -0.2) is 41.7 Å². The van der Waals surface area contributed by atoms with Gasteiger partial charge in [0, 0.05) is 41.5 Å². The smallest absolute Gasteiger partial charge is 0.265 e. The summed E-state index contributed by atoms with van der Waals surface area (Å²) in [5, 5.41) is 16.1. The largest absolute Gasteiger partial charge is 0.497 e. The highest BCUT2D eigenvalue weighted by Crippen LogP contribution is 2.38. The summed E-state index contributed by atoms with van der Waals surface area (Å²) in [5.41, 5.74) is 1.66. The van der Waals surface area contributed by atoms with E-state index < -0.39 is 5.91 Å². The van der Waals surface area contributed by atoms with E-state index in [2.05, 4.69) is 20.6 Å². The number of benzene rings is 2. The number of rotatable bonds is 8. The fourth-order valence-corrected chi connectivity index (χ4v) is 4.65. The van der Waals surface area contributed by atoms with Crippen molar-refractivity contribution in [2.75, 3.05) is 31.9 Å². The number of ether oxygens (including phenoxy) is 2. The second-order valence-corrected chi connectivity index (χ2v) is 10.9. The lowest BCUT2D eigenvalue weighted by Crippen LogP contribution is -2.24. The van der Waals surface area contributed by atoms with Gasteiger partial charge in [-0.2, -0.15) is 10.2 Å². The highest BCUT2D eigenvalue weighted by molar-refractivity contribution is 6.35. The van der Waals surface area contributed by atoms with Gasteiger partial charge in [0.2, 0.25) is 5.95 Å². The van der Waals surface area contributed by atoms with Crippen LogP contribution in [0.4, 0.5) is 11.6 Å². The monoisotopic (exact) mass is 586 g/mol. The molecule has 0 saturated carbocycles. The molecule has 0 aliphatic carbocycles. The molecule has 0 bridgehead atoms. The fourth-order valence-electron chi connectivity index (χ4n) is 4.36. The van der Waals surface area contributed by atoms with E-state index in [1.165, 1.54) is 18.8 Å². The SMILES string of the molecule is CNc1ncc2cc(-c3cc(OC)cc(OC)c3Cl)c(=O)n(Cc3cccc(NC(=O)C(C#N)=CC(C)(C)C)c3)c2n1. The van der Waals surface area contributed by atoms with E-state index in [9.17, 15) is 14.9 Å². The van der Waals surface area contributed by atoms with Gasteiger partial charge in [0.15, 0.2) is 0 Å². The van der Waals surface area contributed by atoms with E-state index in [0.29, 0.717) is 50.9 Å². The van der Waals surface area contributed by atoms with Gasteiger partial charge >= 0.3 is 0 Å². The minimum Gasteiger partial charge on any atom is -0.497 e. The molecule has 2 N–H and O–H groups in total. The average Bonchev–Trinajstić information content (AvgIpc) is 2.97. The number of nitrogens with one attached hydrogen (secondary N) is 2. The molecule has 216 valence electrons. The van der Waals surface area contributed by atoms with Gasteiger partial charge in [0.25, 0.3) is 11.5 Å². The summed E-state index contributed by atoms with van der Waals surface area (Å²) in [6, 6.07) is 14.0. The number of carbonyl (C=O) groups is 1. The van der Waals surface area contributed by atoms with Crippen molar-refractivity contribution in [2.45, 2.75) is 27.3 Å². The maximum Gasteiger partial charge on any atom is 0.265 e. The molecule has 2 heterocycles. The van der Waals surface area contributed by atoms with Crippen molar-refractivity contribution < 1.29 is 14.3 Å². The van der Waals surface area contributed by atoms with E-state index in [4.69, 9.17) is 21.1 Å². The Labute approximate surface area is 248 Å². The maximum absolute atomic E-state index is 14.1. The minimum atomic E-state index is -0.512. The number of amides is 1. The Morgan fingerprint density at radius 2 is 1.90 bits per heavy atom. The molecular formula is C31H31ClN6O4. The van der Waals surface area contributed by atoms with Gasteiger partial charge < -0.3 is 20.1 Å². The Balaban J connectivity index is 1.83. The van der Waals surface area contributed by atoms with Crippen LogP contribution in [0.15, 0.2) is 65.1 Å². The number of aromatic nitrogens is 3. The number of anilines is 2. The zero-order chi connectivity index (χ0) is 30.6. The Morgan fingerprint density at radius 1 is 1.14 bits per heavy atom. The molecule has 0 radical (unpaired) electrons. The second kappa shape index (κ2) is 12.3. The van der Waals surface area contributed by atoms with Gasteiger partial charge in [-0.05, 0) is 35.2 Å². The first-order valence-electron chi connectivity index (χ1n) is 13.0.